The van der Waals surface area contributed by atoms with E-state index in [4.69, 9.17) is 16.3 Å². The summed E-state index contributed by atoms with van der Waals surface area (Å²) in [5.74, 6) is 0.357. The van der Waals surface area contributed by atoms with Gasteiger partial charge in [0, 0.05) is 24.6 Å². The van der Waals surface area contributed by atoms with E-state index in [1.807, 2.05) is 32.0 Å². The predicted molar refractivity (Wildman–Crippen MR) is 74.0 cm³/mol. The number of halogens is 1. The molecule has 100 valence electrons. The Hall–Kier alpha value is -1.06. The van der Waals surface area contributed by atoms with E-state index in [9.17, 15) is 4.79 Å². The third-order valence-electron chi connectivity index (χ3n) is 2.40. The molecule has 18 heavy (non-hydrogen) atoms. The van der Waals surface area contributed by atoms with Crippen LogP contribution in [0.1, 0.15) is 36.2 Å². The van der Waals surface area contributed by atoms with Crippen LogP contribution in [0.25, 0.3) is 0 Å². The molecule has 1 aromatic carbocycles. The second-order valence-electron chi connectivity index (χ2n) is 4.36. The summed E-state index contributed by atoms with van der Waals surface area (Å²) in [7, 11) is 0. The SMILES string of the molecule is CC(C)OCCCNC(=O)c1cccc(CCl)c1. The van der Waals surface area contributed by atoms with Gasteiger partial charge in [0.05, 0.1) is 6.10 Å². The molecule has 0 bridgehead atoms. The smallest absolute Gasteiger partial charge is 0.251 e. The number of hydrogen-bond donors (Lipinski definition) is 1. The molecule has 0 aliphatic heterocycles. The topological polar surface area (TPSA) is 38.3 Å². The minimum Gasteiger partial charge on any atom is -0.379 e. The van der Waals surface area contributed by atoms with E-state index in [0.717, 1.165) is 12.0 Å². The maximum Gasteiger partial charge on any atom is 0.251 e. The molecular formula is C14H20ClNO2. The van der Waals surface area contributed by atoms with Crippen molar-refractivity contribution >= 4 is 17.5 Å². The molecule has 0 heterocycles. The molecule has 0 saturated carbocycles. The average molecular weight is 270 g/mol. The van der Waals surface area contributed by atoms with Crippen molar-refractivity contribution in [1.29, 1.82) is 0 Å². The number of nitrogens with one attached hydrogen (secondary N) is 1. The molecule has 0 fully saturated rings. The van der Waals surface area contributed by atoms with Gasteiger partial charge in [-0.2, -0.15) is 0 Å². The highest BCUT2D eigenvalue weighted by atomic mass is 35.5. The molecule has 0 saturated heterocycles. The van der Waals surface area contributed by atoms with E-state index in [1.54, 1.807) is 6.07 Å². The largest absolute Gasteiger partial charge is 0.379 e. The third-order valence-corrected chi connectivity index (χ3v) is 2.71. The van der Waals surface area contributed by atoms with Crippen LogP contribution in [0.4, 0.5) is 0 Å². The standard InChI is InChI=1S/C14H20ClNO2/c1-11(2)18-8-4-7-16-14(17)13-6-3-5-12(9-13)10-15/h3,5-6,9,11H,4,7-8,10H2,1-2H3,(H,16,17). The first-order chi connectivity index (χ1) is 8.63. The highest BCUT2D eigenvalue weighted by Crippen LogP contribution is 2.07. The van der Waals surface area contributed by atoms with Crippen molar-refractivity contribution in [2.45, 2.75) is 32.3 Å². The van der Waals surface area contributed by atoms with Gasteiger partial charge >= 0.3 is 0 Å². The van der Waals surface area contributed by atoms with Gasteiger partial charge < -0.3 is 10.1 Å². The van der Waals surface area contributed by atoms with Gasteiger partial charge in [0.2, 0.25) is 0 Å². The van der Waals surface area contributed by atoms with Crippen LogP contribution in [0.15, 0.2) is 24.3 Å². The first-order valence-electron chi connectivity index (χ1n) is 6.18. The number of rotatable bonds is 7. The maximum atomic E-state index is 11.8. The fourth-order valence-corrected chi connectivity index (χ4v) is 1.66. The van der Waals surface area contributed by atoms with E-state index in [1.165, 1.54) is 0 Å². The predicted octanol–water partition coefficient (Wildman–Crippen LogP) is 2.97. The Bertz CT molecular complexity index is 380. The van der Waals surface area contributed by atoms with Crippen LogP contribution < -0.4 is 5.32 Å². The molecule has 1 rings (SSSR count). The quantitative estimate of drug-likeness (QED) is 0.610. The first kappa shape index (κ1) is 15.0. The van der Waals surface area contributed by atoms with Crippen molar-refractivity contribution in [3.05, 3.63) is 35.4 Å². The monoisotopic (exact) mass is 269 g/mol. The summed E-state index contributed by atoms with van der Waals surface area (Å²) in [6.45, 7) is 5.28. The molecule has 0 aliphatic carbocycles. The molecule has 0 aromatic heterocycles. The third kappa shape index (κ3) is 5.52. The lowest BCUT2D eigenvalue weighted by Crippen LogP contribution is -2.25. The van der Waals surface area contributed by atoms with E-state index in [2.05, 4.69) is 5.32 Å². The van der Waals surface area contributed by atoms with Crippen LogP contribution in [-0.2, 0) is 10.6 Å². The molecule has 0 atom stereocenters. The van der Waals surface area contributed by atoms with Gasteiger partial charge in [-0.15, -0.1) is 11.6 Å². The van der Waals surface area contributed by atoms with Gasteiger partial charge in [0.25, 0.3) is 5.91 Å². The Labute approximate surface area is 113 Å². The molecule has 3 nitrogen and oxygen atoms in total. The number of carbonyl (C=O) groups is 1. The molecule has 1 N–H and O–H groups in total. The lowest BCUT2D eigenvalue weighted by Gasteiger charge is -2.08. The van der Waals surface area contributed by atoms with Crippen molar-refractivity contribution in [2.24, 2.45) is 0 Å². The van der Waals surface area contributed by atoms with Gasteiger partial charge in [0.15, 0.2) is 0 Å². The maximum absolute atomic E-state index is 11.8. The lowest BCUT2D eigenvalue weighted by molar-refractivity contribution is 0.0757. The molecular weight excluding hydrogens is 250 g/mol. The van der Waals surface area contributed by atoms with E-state index >= 15 is 0 Å². The highest BCUT2D eigenvalue weighted by molar-refractivity contribution is 6.17. The number of carbonyl (C=O) groups excluding carboxylic acids is 1. The van der Waals surface area contributed by atoms with E-state index in [0.29, 0.717) is 24.6 Å². The number of ether oxygens (including phenoxy) is 1. The zero-order valence-corrected chi connectivity index (χ0v) is 11.7. The molecule has 4 heteroatoms. The van der Waals surface area contributed by atoms with Gasteiger partial charge in [-0.25, -0.2) is 0 Å². The Kier molecular flexibility index (Phi) is 6.76. The van der Waals surface area contributed by atoms with E-state index in [-0.39, 0.29) is 12.0 Å². The second-order valence-corrected chi connectivity index (χ2v) is 4.63. The van der Waals surface area contributed by atoms with Crippen LogP contribution in [0.3, 0.4) is 0 Å². The number of benzene rings is 1. The minimum atomic E-state index is -0.0634. The number of hydrogen-bond acceptors (Lipinski definition) is 2. The summed E-state index contributed by atoms with van der Waals surface area (Å²) in [4.78, 5) is 11.8. The Morgan fingerprint density at radius 2 is 2.22 bits per heavy atom. The summed E-state index contributed by atoms with van der Waals surface area (Å²) in [6.07, 6.45) is 1.06. The zero-order valence-electron chi connectivity index (χ0n) is 10.9. The fraction of sp³-hybridized carbons (Fsp3) is 0.500. The molecule has 1 aromatic rings. The van der Waals surface area contributed by atoms with Crippen LogP contribution in [0.5, 0.6) is 0 Å². The summed E-state index contributed by atoms with van der Waals surface area (Å²) in [5, 5.41) is 2.86. The zero-order chi connectivity index (χ0) is 13.4. The van der Waals surface area contributed by atoms with Gasteiger partial charge in [-0.05, 0) is 38.0 Å². The summed E-state index contributed by atoms with van der Waals surface area (Å²) in [5.41, 5.74) is 1.60. The van der Waals surface area contributed by atoms with Crippen molar-refractivity contribution in [1.82, 2.24) is 5.32 Å². The summed E-state index contributed by atoms with van der Waals surface area (Å²) in [6, 6.07) is 7.34. The first-order valence-corrected chi connectivity index (χ1v) is 6.71. The highest BCUT2D eigenvalue weighted by Gasteiger charge is 2.05. The minimum absolute atomic E-state index is 0.0634. The second kappa shape index (κ2) is 8.11. The summed E-state index contributed by atoms with van der Waals surface area (Å²) >= 11 is 5.73. The Morgan fingerprint density at radius 3 is 2.89 bits per heavy atom. The molecule has 0 unspecified atom stereocenters. The summed E-state index contributed by atoms with van der Waals surface area (Å²) < 4.78 is 5.40. The Morgan fingerprint density at radius 1 is 1.44 bits per heavy atom. The van der Waals surface area contributed by atoms with Crippen molar-refractivity contribution in [3.63, 3.8) is 0 Å². The molecule has 1 amide bonds. The number of amides is 1. The normalized spacial score (nSPS) is 10.7. The van der Waals surface area contributed by atoms with E-state index < -0.39 is 0 Å². The molecule has 0 radical (unpaired) electrons. The van der Waals surface area contributed by atoms with Crippen LogP contribution >= 0.6 is 11.6 Å². The van der Waals surface area contributed by atoms with Crippen LogP contribution in [0.2, 0.25) is 0 Å². The number of alkyl halides is 1. The fourth-order valence-electron chi connectivity index (χ4n) is 1.49. The van der Waals surface area contributed by atoms with Gasteiger partial charge in [-0.1, -0.05) is 12.1 Å². The van der Waals surface area contributed by atoms with Gasteiger partial charge in [0.1, 0.15) is 0 Å². The van der Waals surface area contributed by atoms with Crippen molar-refractivity contribution < 1.29 is 9.53 Å². The lowest BCUT2D eigenvalue weighted by atomic mass is 10.1. The Balaban J connectivity index is 2.31. The van der Waals surface area contributed by atoms with Gasteiger partial charge in [-0.3, -0.25) is 4.79 Å². The van der Waals surface area contributed by atoms with Crippen molar-refractivity contribution in [2.75, 3.05) is 13.2 Å². The average Bonchev–Trinajstić information content (AvgIpc) is 2.37. The van der Waals surface area contributed by atoms with Crippen molar-refractivity contribution in [3.8, 4) is 0 Å². The molecule has 0 spiro atoms. The van der Waals surface area contributed by atoms with Crippen LogP contribution in [-0.4, -0.2) is 25.2 Å². The molecule has 0 aliphatic rings. The van der Waals surface area contributed by atoms with Crippen LogP contribution in [0, 0.1) is 0 Å².